The Morgan fingerprint density at radius 1 is 1.28 bits per heavy atom. The second-order valence-electron chi connectivity index (χ2n) is 8.15. The van der Waals surface area contributed by atoms with Crippen molar-refractivity contribution in [1.29, 1.82) is 0 Å². The monoisotopic (exact) mass is 442 g/mol. The number of aromatic nitrogens is 1. The zero-order valence-electron chi connectivity index (χ0n) is 19.4. The van der Waals surface area contributed by atoms with Gasteiger partial charge < -0.3 is 29.7 Å². The van der Waals surface area contributed by atoms with Gasteiger partial charge >= 0.3 is 0 Å². The van der Waals surface area contributed by atoms with E-state index in [1.165, 1.54) is 4.90 Å². The minimum atomic E-state index is -0.603. The first kappa shape index (κ1) is 23.7. The maximum absolute atomic E-state index is 12.1. The van der Waals surface area contributed by atoms with Gasteiger partial charge in [-0.3, -0.25) is 4.79 Å². The maximum atomic E-state index is 12.1. The standard InChI is InChI=1S/C24H34N4O4/c1-5-31-22-15-18(8-9-21(22)32-17(2)24(30)27(3)4)16-26-20-7-6-12-25-23(20)28-13-10-19(29)11-14-28/h6-9,12,15,17,19,26,29H,5,10-11,13-14,16H2,1-4H3. The van der Waals surface area contributed by atoms with Crippen LogP contribution in [0.2, 0.25) is 0 Å². The minimum absolute atomic E-state index is 0.104. The van der Waals surface area contributed by atoms with Crippen LogP contribution in [0.1, 0.15) is 32.3 Å². The van der Waals surface area contributed by atoms with E-state index in [0.717, 1.165) is 43.0 Å². The Bertz CT molecular complexity index is 897. The number of hydrogen-bond donors (Lipinski definition) is 2. The molecule has 1 saturated heterocycles. The summed E-state index contributed by atoms with van der Waals surface area (Å²) in [6, 6.07) is 9.67. The molecular formula is C24H34N4O4. The Morgan fingerprint density at radius 2 is 2.03 bits per heavy atom. The molecule has 1 atom stereocenters. The largest absolute Gasteiger partial charge is 0.490 e. The summed E-state index contributed by atoms with van der Waals surface area (Å²) < 4.78 is 11.7. The molecule has 1 fully saturated rings. The van der Waals surface area contributed by atoms with Gasteiger partial charge in [0.2, 0.25) is 0 Å². The zero-order chi connectivity index (χ0) is 23.1. The smallest absolute Gasteiger partial charge is 0.262 e. The molecule has 8 nitrogen and oxygen atoms in total. The van der Waals surface area contributed by atoms with Gasteiger partial charge in [0, 0.05) is 39.9 Å². The summed E-state index contributed by atoms with van der Waals surface area (Å²) in [5, 5.41) is 13.3. The number of hydrogen-bond acceptors (Lipinski definition) is 7. The van der Waals surface area contributed by atoms with Gasteiger partial charge in [0.15, 0.2) is 23.4 Å². The van der Waals surface area contributed by atoms with Crippen molar-refractivity contribution in [2.24, 2.45) is 0 Å². The summed E-state index contributed by atoms with van der Waals surface area (Å²) in [5.74, 6) is 1.96. The first-order valence-corrected chi connectivity index (χ1v) is 11.1. The van der Waals surface area contributed by atoms with E-state index in [9.17, 15) is 9.90 Å². The Balaban J connectivity index is 1.71. The number of carbonyl (C=O) groups excluding carboxylic acids is 1. The molecule has 0 bridgehead atoms. The molecule has 0 saturated carbocycles. The molecule has 1 aliphatic rings. The molecule has 2 aromatic rings. The highest BCUT2D eigenvalue weighted by Crippen LogP contribution is 2.31. The molecule has 0 spiro atoms. The van der Waals surface area contributed by atoms with E-state index in [4.69, 9.17) is 9.47 Å². The van der Waals surface area contributed by atoms with Gasteiger partial charge in [-0.2, -0.15) is 0 Å². The number of amides is 1. The highest BCUT2D eigenvalue weighted by atomic mass is 16.5. The van der Waals surface area contributed by atoms with Gasteiger partial charge in [0.25, 0.3) is 5.91 Å². The van der Waals surface area contributed by atoms with Crippen molar-refractivity contribution in [2.45, 2.75) is 45.4 Å². The lowest BCUT2D eigenvalue weighted by molar-refractivity contribution is -0.135. The SMILES string of the molecule is CCOc1cc(CNc2cccnc2N2CCC(O)CC2)ccc1OC(C)C(=O)N(C)C. The van der Waals surface area contributed by atoms with Crippen LogP contribution in [0, 0.1) is 0 Å². The maximum Gasteiger partial charge on any atom is 0.262 e. The van der Waals surface area contributed by atoms with E-state index in [1.54, 1.807) is 27.2 Å². The fourth-order valence-electron chi connectivity index (χ4n) is 3.69. The summed E-state index contributed by atoms with van der Waals surface area (Å²) >= 11 is 0. The Hall–Kier alpha value is -3.00. The number of piperidine rings is 1. The van der Waals surface area contributed by atoms with Crippen LogP contribution in [0.15, 0.2) is 36.5 Å². The number of aliphatic hydroxyl groups is 1. The number of benzene rings is 1. The molecule has 1 aliphatic heterocycles. The molecule has 1 aromatic heterocycles. The molecule has 0 aliphatic carbocycles. The highest BCUT2D eigenvalue weighted by molar-refractivity contribution is 5.80. The predicted molar refractivity (Wildman–Crippen MR) is 125 cm³/mol. The van der Waals surface area contributed by atoms with Crippen LogP contribution in [0.5, 0.6) is 11.5 Å². The van der Waals surface area contributed by atoms with E-state index >= 15 is 0 Å². The van der Waals surface area contributed by atoms with Crippen LogP contribution >= 0.6 is 0 Å². The van der Waals surface area contributed by atoms with Crippen LogP contribution < -0.4 is 19.7 Å². The van der Waals surface area contributed by atoms with Crippen molar-refractivity contribution < 1.29 is 19.4 Å². The number of rotatable bonds is 9. The first-order valence-electron chi connectivity index (χ1n) is 11.1. The molecule has 1 amide bonds. The normalized spacial score (nSPS) is 15.2. The molecule has 3 rings (SSSR count). The van der Waals surface area contributed by atoms with Crippen LogP contribution in [-0.4, -0.2) is 66.9 Å². The molecule has 1 unspecified atom stereocenters. The summed E-state index contributed by atoms with van der Waals surface area (Å²) in [5.41, 5.74) is 1.98. The molecule has 2 N–H and O–H groups in total. The Kier molecular flexibility index (Phi) is 8.16. The van der Waals surface area contributed by atoms with Gasteiger partial charge in [0.1, 0.15) is 0 Å². The number of anilines is 2. The number of pyridine rings is 1. The summed E-state index contributed by atoms with van der Waals surface area (Å²) in [6.45, 7) is 6.31. The first-order chi connectivity index (χ1) is 15.4. The van der Waals surface area contributed by atoms with Crippen molar-refractivity contribution in [3.8, 4) is 11.5 Å². The quantitative estimate of drug-likeness (QED) is 0.617. The number of nitrogens with one attached hydrogen (secondary N) is 1. The molecular weight excluding hydrogens is 408 g/mol. The Morgan fingerprint density at radius 3 is 2.72 bits per heavy atom. The summed E-state index contributed by atoms with van der Waals surface area (Å²) in [6.07, 6.45) is 2.48. The number of likely N-dealkylation sites (N-methyl/N-ethyl adjacent to an activating group) is 1. The summed E-state index contributed by atoms with van der Waals surface area (Å²) in [4.78, 5) is 20.4. The third-order valence-electron chi connectivity index (χ3n) is 5.43. The lowest BCUT2D eigenvalue weighted by atomic mass is 10.1. The molecule has 1 aromatic carbocycles. The Labute approximate surface area is 190 Å². The lowest BCUT2D eigenvalue weighted by Gasteiger charge is -2.31. The van der Waals surface area contributed by atoms with E-state index in [0.29, 0.717) is 24.7 Å². The van der Waals surface area contributed by atoms with Crippen LogP contribution in [0.25, 0.3) is 0 Å². The number of nitrogens with zero attached hydrogens (tertiary/aromatic N) is 3. The topological polar surface area (TPSA) is 87.2 Å². The van der Waals surface area contributed by atoms with Gasteiger partial charge in [-0.05, 0) is 56.5 Å². The van der Waals surface area contributed by atoms with E-state index in [1.807, 2.05) is 37.3 Å². The zero-order valence-corrected chi connectivity index (χ0v) is 19.4. The van der Waals surface area contributed by atoms with Crippen molar-refractivity contribution in [1.82, 2.24) is 9.88 Å². The molecule has 8 heteroatoms. The van der Waals surface area contributed by atoms with Crippen LogP contribution in [0.4, 0.5) is 11.5 Å². The average Bonchev–Trinajstić information content (AvgIpc) is 2.79. The molecule has 32 heavy (non-hydrogen) atoms. The second-order valence-corrected chi connectivity index (χ2v) is 8.15. The minimum Gasteiger partial charge on any atom is -0.490 e. The predicted octanol–water partition coefficient (Wildman–Crippen LogP) is 2.91. The van der Waals surface area contributed by atoms with E-state index in [2.05, 4.69) is 15.2 Å². The fourth-order valence-corrected chi connectivity index (χ4v) is 3.69. The molecule has 2 heterocycles. The van der Waals surface area contributed by atoms with Gasteiger partial charge in [-0.1, -0.05) is 6.07 Å². The third kappa shape index (κ3) is 6.03. The van der Waals surface area contributed by atoms with Crippen LogP contribution in [-0.2, 0) is 11.3 Å². The van der Waals surface area contributed by atoms with E-state index in [-0.39, 0.29) is 12.0 Å². The molecule has 174 valence electrons. The number of ether oxygens (including phenoxy) is 2. The van der Waals surface area contributed by atoms with Gasteiger partial charge in [-0.25, -0.2) is 4.98 Å². The van der Waals surface area contributed by atoms with Crippen molar-refractivity contribution in [3.63, 3.8) is 0 Å². The van der Waals surface area contributed by atoms with Crippen molar-refractivity contribution in [3.05, 3.63) is 42.1 Å². The van der Waals surface area contributed by atoms with Crippen molar-refractivity contribution in [2.75, 3.05) is 44.0 Å². The van der Waals surface area contributed by atoms with E-state index < -0.39 is 6.10 Å². The summed E-state index contributed by atoms with van der Waals surface area (Å²) in [7, 11) is 3.41. The van der Waals surface area contributed by atoms with Crippen molar-refractivity contribution >= 4 is 17.4 Å². The van der Waals surface area contributed by atoms with Gasteiger partial charge in [-0.15, -0.1) is 0 Å². The fraction of sp³-hybridized carbons (Fsp3) is 0.500. The second kappa shape index (κ2) is 11.0. The van der Waals surface area contributed by atoms with Crippen LogP contribution in [0.3, 0.4) is 0 Å². The average molecular weight is 443 g/mol. The van der Waals surface area contributed by atoms with Gasteiger partial charge in [0.05, 0.1) is 18.4 Å². The third-order valence-corrected chi connectivity index (χ3v) is 5.43. The number of aliphatic hydroxyl groups excluding tert-OH is 1. The number of carbonyl (C=O) groups is 1. The lowest BCUT2D eigenvalue weighted by Crippen LogP contribution is -2.36. The molecule has 0 radical (unpaired) electrons. The highest BCUT2D eigenvalue weighted by Gasteiger charge is 2.21.